The van der Waals surface area contributed by atoms with E-state index in [2.05, 4.69) is 15.3 Å². The molecule has 0 spiro atoms. The average Bonchev–Trinajstić information content (AvgIpc) is 2.56. The Balaban J connectivity index is 1.69. The number of hydrogen-bond donors (Lipinski definition) is 1. The van der Waals surface area contributed by atoms with Crippen LogP contribution in [0.15, 0.2) is 24.3 Å². The summed E-state index contributed by atoms with van der Waals surface area (Å²) in [7, 11) is 0. The summed E-state index contributed by atoms with van der Waals surface area (Å²) in [5.74, 6) is 0.981. The molecule has 3 rings (SSSR count). The first-order valence-electron chi connectivity index (χ1n) is 8.12. The van der Waals surface area contributed by atoms with Gasteiger partial charge in [0, 0.05) is 6.04 Å². The molecule has 22 heavy (non-hydrogen) atoms. The quantitative estimate of drug-likeness (QED) is 0.889. The monoisotopic (exact) mass is 301 g/mol. The molecule has 1 fully saturated rings. The van der Waals surface area contributed by atoms with E-state index in [1.807, 2.05) is 31.2 Å². The molecule has 0 unspecified atom stereocenters. The topological polar surface area (TPSA) is 56.3 Å². The van der Waals surface area contributed by atoms with E-state index in [1.165, 1.54) is 19.3 Å². The average molecular weight is 301 g/mol. The second-order valence-electron chi connectivity index (χ2n) is 5.54. The van der Waals surface area contributed by atoms with Crippen LogP contribution in [0.2, 0.25) is 0 Å². The standard InChI is InChI=1S/C17H23N3O2/c1-2-21-16-17(20-15-9-4-3-8-14(15)19-16)22-12-10-13-7-5-6-11-18-13/h3-4,8-9,13,18H,2,5-7,10-12H2,1H3/t13-/m1/s1. The van der Waals surface area contributed by atoms with Crippen LogP contribution in [0.3, 0.4) is 0 Å². The van der Waals surface area contributed by atoms with Gasteiger partial charge in [-0.1, -0.05) is 18.6 Å². The summed E-state index contributed by atoms with van der Waals surface area (Å²) in [4.78, 5) is 9.05. The lowest BCUT2D eigenvalue weighted by atomic mass is 10.0. The van der Waals surface area contributed by atoms with Crippen LogP contribution in [-0.4, -0.2) is 35.8 Å². The molecule has 1 aromatic carbocycles. The van der Waals surface area contributed by atoms with Crippen LogP contribution in [0, 0.1) is 0 Å². The number of nitrogens with zero attached hydrogens (tertiary/aromatic N) is 2. The molecule has 1 saturated heterocycles. The summed E-state index contributed by atoms with van der Waals surface area (Å²) < 4.78 is 11.4. The van der Waals surface area contributed by atoms with Gasteiger partial charge in [0.05, 0.1) is 24.2 Å². The maximum atomic E-state index is 5.86. The molecular weight excluding hydrogens is 278 g/mol. The highest BCUT2D eigenvalue weighted by atomic mass is 16.5. The van der Waals surface area contributed by atoms with E-state index < -0.39 is 0 Å². The third kappa shape index (κ3) is 3.65. The fourth-order valence-electron chi connectivity index (χ4n) is 2.76. The first kappa shape index (κ1) is 15.0. The summed E-state index contributed by atoms with van der Waals surface area (Å²) in [5, 5.41) is 3.53. The molecule has 0 bridgehead atoms. The molecule has 1 aliphatic heterocycles. The lowest BCUT2D eigenvalue weighted by molar-refractivity contribution is 0.237. The number of piperidine rings is 1. The molecule has 118 valence electrons. The Labute approximate surface area is 131 Å². The van der Waals surface area contributed by atoms with Crippen molar-refractivity contribution in [3.05, 3.63) is 24.3 Å². The van der Waals surface area contributed by atoms with Gasteiger partial charge >= 0.3 is 0 Å². The van der Waals surface area contributed by atoms with Gasteiger partial charge < -0.3 is 14.8 Å². The van der Waals surface area contributed by atoms with Crippen LogP contribution in [0.5, 0.6) is 11.8 Å². The maximum absolute atomic E-state index is 5.86. The molecule has 5 heteroatoms. The van der Waals surface area contributed by atoms with Crippen LogP contribution >= 0.6 is 0 Å². The van der Waals surface area contributed by atoms with Crippen LogP contribution in [0.1, 0.15) is 32.6 Å². The van der Waals surface area contributed by atoms with Crippen molar-refractivity contribution in [1.82, 2.24) is 15.3 Å². The van der Waals surface area contributed by atoms with E-state index in [1.54, 1.807) is 0 Å². The highest BCUT2D eigenvalue weighted by molar-refractivity contribution is 5.75. The zero-order valence-corrected chi connectivity index (χ0v) is 13.0. The van der Waals surface area contributed by atoms with Crippen LogP contribution in [-0.2, 0) is 0 Å². The minimum atomic E-state index is 0.484. The normalized spacial score (nSPS) is 18.3. The largest absolute Gasteiger partial charge is 0.474 e. The second kappa shape index (κ2) is 7.40. The Hall–Kier alpha value is -1.88. The van der Waals surface area contributed by atoms with Crippen molar-refractivity contribution >= 4 is 11.0 Å². The second-order valence-corrected chi connectivity index (χ2v) is 5.54. The van der Waals surface area contributed by atoms with Crippen molar-refractivity contribution in [2.75, 3.05) is 19.8 Å². The van der Waals surface area contributed by atoms with Gasteiger partial charge in [0.1, 0.15) is 0 Å². The SMILES string of the molecule is CCOc1nc2ccccc2nc1OCC[C@H]1CCCCN1. The van der Waals surface area contributed by atoms with Crippen molar-refractivity contribution in [3.8, 4) is 11.8 Å². The summed E-state index contributed by atoms with van der Waals surface area (Å²) in [6.45, 7) is 4.23. The number of para-hydroxylation sites is 2. The molecule has 1 atom stereocenters. The molecular formula is C17H23N3O2. The smallest absolute Gasteiger partial charge is 0.278 e. The number of aromatic nitrogens is 2. The fraction of sp³-hybridized carbons (Fsp3) is 0.529. The van der Waals surface area contributed by atoms with Gasteiger partial charge in [0.25, 0.3) is 11.8 Å². The van der Waals surface area contributed by atoms with Gasteiger partial charge in [-0.05, 0) is 44.9 Å². The van der Waals surface area contributed by atoms with Crippen molar-refractivity contribution in [2.24, 2.45) is 0 Å². The molecule has 5 nitrogen and oxygen atoms in total. The third-order valence-corrected chi connectivity index (χ3v) is 3.91. The molecule has 0 aliphatic carbocycles. The molecule has 2 heterocycles. The van der Waals surface area contributed by atoms with E-state index >= 15 is 0 Å². The number of rotatable bonds is 6. The highest BCUT2D eigenvalue weighted by Crippen LogP contribution is 2.26. The molecule has 1 aromatic heterocycles. The fourth-order valence-corrected chi connectivity index (χ4v) is 2.76. The molecule has 0 saturated carbocycles. The molecule has 1 aliphatic rings. The minimum absolute atomic E-state index is 0.484. The van der Waals surface area contributed by atoms with Gasteiger partial charge in [-0.3, -0.25) is 0 Å². The minimum Gasteiger partial charge on any atom is -0.474 e. The maximum Gasteiger partial charge on any atom is 0.278 e. The lowest BCUT2D eigenvalue weighted by Crippen LogP contribution is -2.35. The summed E-state index contributed by atoms with van der Waals surface area (Å²) in [6.07, 6.45) is 4.80. The number of hydrogen-bond acceptors (Lipinski definition) is 5. The summed E-state index contributed by atoms with van der Waals surface area (Å²) >= 11 is 0. The first-order valence-corrected chi connectivity index (χ1v) is 8.12. The Kier molecular flexibility index (Phi) is 5.06. The number of ether oxygens (including phenoxy) is 2. The van der Waals surface area contributed by atoms with Gasteiger partial charge in [-0.15, -0.1) is 0 Å². The predicted molar refractivity (Wildman–Crippen MR) is 86.5 cm³/mol. The van der Waals surface area contributed by atoms with E-state index in [0.717, 1.165) is 24.0 Å². The number of fused-ring (bicyclic) bond motifs is 1. The van der Waals surface area contributed by atoms with E-state index in [9.17, 15) is 0 Å². The van der Waals surface area contributed by atoms with Gasteiger partial charge in [0.15, 0.2) is 0 Å². The van der Waals surface area contributed by atoms with Crippen molar-refractivity contribution < 1.29 is 9.47 Å². The molecule has 2 aromatic rings. The summed E-state index contributed by atoms with van der Waals surface area (Å²) in [6, 6.07) is 8.32. The predicted octanol–water partition coefficient (Wildman–Crippen LogP) is 2.94. The lowest BCUT2D eigenvalue weighted by Gasteiger charge is -2.23. The third-order valence-electron chi connectivity index (χ3n) is 3.91. The van der Waals surface area contributed by atoms with Crippen LogP contribution in [0.4, 0.5) is 0 Å². The molecule has 0 radical (unpaired) electrons. The zero-order chi connectivity index (χ0) is 15.2. The van der Waals surface area contributed by atoms with Gasteiger partial charge in [-0.2, -0.15) is 0 Å². The Morgan fingerprint density at radius 3 is 2.45 bits per heavy atom. The summed E-state index contributed by atoms with van der Waals surface area (Å²) in [5.41, 5.74) is 1.66. The Morgan fingerprint density at radius 1 is 1.09 bits per heavy atom. The van der Waals surface area contributed by atoms with E-state index in [4.69, 9.17) is 9.47 Å². The van der Waals surface area contributed by atoms with Crippen molar-refractivity contribution in [3.63, 3.8) is 0 Å². The van der Waals surface area contributed by atoms with Crippen molar-refractivity contribution in [2.45, 2.75) is 38.6 Å². The Morgan fingerprint density at radius 2 is 1.82 bits per heavy atom. The molecule has 0 amide bonds. The van der Waals surface area contributed by atoms with Gasteiger partial charge in [0.2, 0.25) is 0 Å². The highest BCUT2D eigenvalue weighted by Gasteiger charge is 2.15. The van der Waals surface area contributed by atoms with Crippen LogP contribution in [0.25, 0.3) is 11.0 Å². The van der Waals surface area contributed by atoms with E-state index in [0.29, 0.717) is 31.0 Å². The zero-order valence-electron chi connectivity index (χ0n) is 13.0. The molecule has 1 N–H and O–H groups in total. The van der Waals surface area contributed by atoms with Crippen LogP contribution < -0.4 is 14.8 Å². The van der Waals surface area contributed by atoms with E-state index in [-0.39, 0.29) is 0 Å². The number of benzene rings is 1. The first-order chi connectivity index (χ1) is 10.9. The van der Waals surface area contributed by atoms with Gasteiger partial charge in [-0.25, -0.2) is 9.97 Å². The Bertz CT molecular complexity index is 612. The van der Waals surface area contributed by atoms with Crippen molar-refractivity contribution in [1.29, 1.82) is 0 Å². The number of nitrogens with one attached hydrogen (secondary N) is 1.